The Morgan fingerprint density at radius 2 is 1.79 bits per heavy atom. The van der Waals surface area contributed by atoms with Crippen molar-refractivity contribution < 1.29 is 9.32 Å². The van der Waals surface area contributed by atoms with Gasteiger partial charge in [-0.2, -0.15) is 0 Å². The summed E-state index contributed by atoms with van der Waals surface area (Å²) in [4.78, 5) is 6.46. The molecule has 2 aliphatic rings. The Hall–Kier alpha value is -2.65. The number of aromatic nitrogens is 1. The zero-order chi connectivity index (χ0) is 22.5. The van der Waals surface area contributed by atoms with Crippen LogP contribution in [0.15, 0.2) is 83.4 Å². The van der Waals surface area contributed by atoms with Gasteiger partial charge in [-0.25, -0.2) is 4.98 Å². The Kier molecular flexibility index (Phi) is 7.06. The van der Waals surface area contributed by atoms with Crippen LogP contribution in [0.2, 0.25) is 0 Å². The Bertz CT molecular complexity index is 1030. The topological polar surface area (TPSA) is 30.5 Å². The van der Waals surface area contributed by atoms with E-state index < -0.39 is 0 Å². The summed E-state index contributed by atoms with van der Waals surface area (Å²) in [5.74, 6) is 4.14. The molecule has 0 saturated carbocycles. The Morgan fingerprint density at radius 1 is 1.00 bits per heavy atom. The molecule has 3 heteroatoms. The van der Waals surface area contributed by atoms with Crippen molar-refractivity contribution in [2.75, 3.05) is 13.1 Å². The first-order valence-corrected chi connectivity index (χ1v) is 12.8. The van der Waals surface area contributed by atoms with E-state index in [9.17, 15) is 0 Å². The van der Waals surface area contributed by atoms with Crippen LogP contribution in [0.3, 0.4) is 0 Å². The highest BCUT2D eigenvalue weighted by Crippen LogP contribution is 2.38. The predicted octanol–water partition coefficient (Wildman–Crippen LogP) is 5.76. The summed E-state index contributed by atoms with van der Waals surface area (Å²) in [7, 11) is 0. The lowest BCUT2D eigenvalue weighted by Crippen LogP contribution is -3.12. The first kappa shape index (κ1) is 22.2. The number of rotatable bonds is 7. The fraction of sp³-hybridized carbons (Fsp3) is 0.433. The second-order valence-electron chi connectivity index (χ2n) is 9.95. The van der Waals surface area contributed by atoms with Crippen LogP contribution in [0.1, 0.15) is 73.6 Å². The standard InChI is InChI=1S/C30H36N2O/c1-2-23-18-19-32(22-28(23)24-12-6-3-7-13-24)21-27-20-31-30(33-27)29(25-14-8-4-9-15-25)26-16-10-5-11-17-26/h3-10,12-15,20,23,26,28-29H,2,11,16-19,21-22H2,1H3/p+1. The SMILES string of the molecule is CCC1CC[NH+](Cc2cnc(C(c3ccccc3)C3CC=CCC3)o2)CC1c1ccccc1. The molecule has 1 saturated heterocycles. The average Bonchev–Trinajstić information content (AvgIpc) is 3.34. The third-order valence-corrected chi connectivity index (χ3v) is 7.90. The van der Waals surface area contributed by atoms with Gasteiger partial charge in [-0.3, -0.25) is 0 Å². The number of allylic oxidation sites excluding steroid dienone is 2. The molecule has 3 nitrogen and oxygen atoms in total. The molecule has 0 amide bonds. The largest absolute Gasteiger partial charge is 0.439 e. The van der Waals surface area contributed by atoms with E-state index in [1.54, 1.807) is 4.90 Å². The van der Waals surface area contributed by atoms with Crippen LogP contribution < -0.4 is 4.90 Å². The summed E-state index contributed by atoms with van der Waals surface area (Å²) >= 11 is 0. The molecule has 172 valence electrons. The van der Waals surface area contributed by atoms with E-state index in [1.807, 2.05) is 6.20 Å². The number of likely N-dealkylation sites (tertiary alicyclic amines) is 1. The van der Waals surface area contributed by atoms with Gasteiger partial charge in [0.15, 0.2) is 5.76 Å². The van der Waals surface area contributed by atoms with E-state index in [2.05, 4.69) is 79.7 Å². The van der Waals surface area contributed by atoms with Crippen molar-refractivity contribution in [2.24, 2.45) is 11.8 Å². The number of oxazole rings is 1. The van der Waals surface area contributed by atoms with Crippen molar-refractivity contribution in [3.63, 3.8) is 0 Å². The maximum absolute atomic E-state index is 6.49. The normalized spacial score (nSPS) is 26.2. The second kappa shape index (κ2) is 10.5. The van der Waals surface area contributed by atoms with Crippen LogP contribution in [-0.2, 0) is 6.54 Å². The molecule has 5 atom stereocenters. The third kappa shape index (κ3) is 5.14. The lowest BCUT2D eigenvalue weighted by atomic mass is 9.79. The van der Waals surface area contributed by atoms with E-state index in [0.717, 1.165) is 37.0 Å². The quantitative estimate of drug-likeness (QED) is 0.473. The van der Waals surface area contributed by atoms with Crippen LogP contribution in [0, 0.1) is 11.8 Å². The summed E-state index contributed by atoms with van der Waals surface area (Å²) < 4.78 is 6.49. The van der Waals surface area contributed by atoms with E-state index in [1.165, 1.54) is 43.5 Å². The fourth-order valence-corrected chi connectivity index (χ4v) is 6.10. The molecule has 1 aromatic heterocycles. The highest BCUT2D eigenvalue weighted by Gasteiger charge is 2.33. The summed E-state index contributed by atoms with van der Waals surface area (Å²) in [5, 5.41) is 0. The van der Waals surface area contributed by atoms with E-state index in [-0.39, 0.29) is 5.92 Å². The predicted molar refractivity (Wildman–Crippen MR) is 133 cm³/mol. The lowest BCUT2D eigenvalue weighted by Gasteiger charge is -2.35. The molecule has 3 aromatic rings. The Morgan fingerprint density at radius 3 is 2.52 bits per heavy atom. The molecule has 1 N–H and O–H groups in total. The Balaban J connectivity index is 1.33. The van der Waals surface area contributed by atoms with E-state index in [0.29, 0.717) is 11.8 Å². The van der Waals surface area contributed by atoms with Gasteiger partial charge in [0.05, 0.1) is 25.2 Å². The molecule has 1 fully saturated rings. The number of benzene rings is 2. The smallest absolute Gasteiger partial charge is 0.202 e. The van der Waals surface area contributed by atoms with Crippen molar-refractivity contribution in [1.82, 2.24) is 4.98 Å². The number of quaternary nitrogens is 1. The number of hydrogen-bond acceptors (Lipinski definition) is 2. The highest BCUT2D eigenvalue weighted by atomic mass is 16.4. The van der Waals surface area contributed by atoms with Crippen LogP contribution in [0.25, 0.3) is 0 Å². The van der Waals surface area contributed by atoms with Crippen LogP contribution in [0.4, 0.5) is 0 Å². The van der Waals surface area contributed by atoms with Gasteiger partial charge in [-0.1, -0.05) is 86.2 Å². The molecular weight excluding hydrogens is 404 g/mol. The molecule has 0 spiro atoms. The van der Waals surface area contributed by atoms with Crippen LogP contribution in [0.5, 0.6) is 0 Å². The van der Waals surface area contributed by atoms with Gasteiger partial charge in [-0.15, -0.1) is 0 Å². The molecule has 2 aromatic carbocycles. The maximum atomic E-state index is 6.49. The number of piperidine rings is 1. The van der Waals surface area contributed by atoms with Gasteiger partial charge in [0.2, 0.25) is 5.89 Å². The minimum atomic E-state index is 0.239. The summed E-state index contributed by atoms with van der Waals surface area (Å²) in [6.07, 6.45) is 12.6. The van der Waals surface area contributed by atoms with Crippen molar-refractivity contribution in [3.8, 4) is 0 Å². The van der Waals surface area contributed by atoms with Gasteiger partial charge < -0.3 is 9.32 Å². The molecule has 33 heavy (non-hydrogen) atoms. The monoisotopic (exact) mass is 441 g/mol. The minimum Gasteiger partial charge on any atom is -0.439 e. The molecule has 0 radical (unpaired) electrons. The van der Waals surface area contributed by atoms with Crippen LogP contribution in [-0.4, -0.2) is 18.1 Å². The van der Waals surface area contributed by atoms with Gasteiger partial charge in [0, 0.05) is 12.3 Å². The third-order valence-electron chi connectivity index (χ3n) is 7.90. The maximum Gasteiger partial charge on any atom is 0.202 e. The van der Waals surface area contributed by atoms with Gasteiger partial charge >= 0.3 is 0 Å². The van der Waals surface area contributed by atoms with Crippen molar-refractivity contribution >= 4 is 0 Å². The van der Waals surface area contributed by atoms with Crippen molar-refractivity contribution in [1.29, 1.82) is 0 Å². The minimum absolute atomic E-state index is 0.239. The molecule has 5 rings (SSSR count). The zero-order valence-corrected chi connectivity index (χ0v) is 19.8. The van der Waals surface area contributed by atoms with Gasteiger partial charge in [0.1, 0.15) is 6.54 Å². The van der Waals surface area contributed by atoms with E-state index >= 15 is 0 Å². The lowest BCUT2D eigenvalue weighted by molar-refractivity contribution is -0.922. The Labute approximate surface area is 198 Å². The molecule has 1 aliphatic carbocycles. The van der Waals surface area contributed by atoms with Gasteiger partial charge in [0.25, 0.3) is 0 Å². The van der Waals surface area contributed by atoms with Crippen molar-refractivity contribution in [2.45, 2.75) is 57.4 Å². The highest BCUT2D eigenvalue weighted by molar-refractivity contribution is 5.27. The number of nitrogens with one attached hydrogen (secondary N) is 1. The molecule has 5 unspecified atom stereocenters. The van der Waals surface area contributed by atoms with Crippen molar-refractivity contribution in [3.05, 3.63) is 102 Å². The molecule has 2 heterocycles. The number of nitrogens with zero attached hydrogens (tertiary/aromatic N) is 1. The first-order chi connectivity index (χ1) is 16.3. The summed E-state index contributed by atoms with van der Waals surface area (Å²) in [5.41, 5.74) is 2.82. The first-order valence-electron chi connectivity index (χ1n) is 12.8. The van der Waals surface area contributed by atoms with E-state index in [4.69, 9.17) is 9.40 Å². The summed E-state index contributed by atoms with van der Waals surface area (Å²) in [6, 6.07) is 21.9. The molecular formula is C30H37N2O+. The van der Waals surface area contributed by atoms with Gasteiger partial charge in [-0.05, 0) is 42.2 Å². The second-order valence-corrected chi connectivity index (χ2v) is 9.95. The zero-order valence-electron chi connectivity index (χ0n) is 19.8. The number of hydrogen-bond donors (Lipinski definition) is 1. The average molecular weight is 442 g/mol. The summed E-state index contributed by atoms with van der Waals surface area (Å²) in [6.45, 7) is 5.67. The fourth-order valence-electron chi connectivity index (χ4n) is 6.10. The van der Waals surface area contributed by atoms with Crippen LogP contribution >= 0.6 is 0 Å². The molecule has 0 bridgehead atoms. The molecule has 1 aliphatic heterocycles.